The van der Waals surface area contributed by atoms with Crippen molar-refractivity contribution >= 4 is 21.1 Å². The minimum absolute atomic E-state index is 0.167. The van der Waals surface area contributed by atoms with E-state index in [4.69, 9.17) is 5.53 Å². The van der Waals surface area contributed by atoms with Crippen LogP contribution in [0.2, 0.25) is 0 Å². The molecule has 0 saturated carbocycles. The summed E-state index contributed by atoms with van der Waals surface area (Å²) in [6, 6.07) is 18.2. The normalized spacial score (nSPS) is 11.4. The summed E-state index contributed by atoms with van der Waals surface area (Å²) in [6.45, 7) is 0.909. The highest BCUT2D eigenvalue weighted by Gasteiger charge is 2.10. The maximum absolute atomic E-state index is 11.4. The summed E-state index contributed by atoms with van der Waals surface area (Å²) in [7, 11) is -3.95. The number of aromatic nitrogens is 1. The van der Waals surface area contributed by atoms with Crippen LogP contribution in [-0.2, 0) is 23.2 Å². The zero-order valence-electron chi connectivity index (χ0n) is 13.4. The first-order chi connectivity index (χ1) is 12.1. The number of nitrogens with one attached hydrogen (secondary N) is 1. The van der Waals surface area contributed by atoms with Crippen LogP contribution in [0.5, 0.6) is 0 Å². The van der Waals surface area contributed by atoms with Crippen LogP contribution in [0.3, 0.4) is 0 Å². The van der Waals surface area contributed by atoms with Gasteiger partial charge < -0.3 is 4.57 Å². The van der Waals surface area contributed by atoms with Gasteiger partial charge in [0.25, 0.3) is 10.2 Å². The molecule has 0 amide bonds. The molecule has 2 aromatic carbocycles. The molecule has 0 spiro atoms. The average molecular weight is 355 g/mol. The molecule has 8 heteroatoms. The van der Waals surface area contributed by atoms with Crippen molar-refractivity contribution in [2.75, 3.05) is 6.54 Å². The van der Waals surface area contributed by atoms with Crippen LogP contribution in [0, 0.1) is 0 Å². The van der Waals surface area contributed by atoms with Crippen molar-refractivity contribution in [3.05, 3.63) is 82.4 Å². The first kappa shape index (κ1) is 17.0. The molecular weight excluding hydrogens is 338 g/mol. The van der Waals surface area contributed by atoms with Crippen LogP contribution in [0.1, 0.15) is 11.1 Å². The first-order valence-electron chi connectivity index (χ1n) is 7.76. The van der Waals surface area contributed by atoms with E-state index in [0.717, 1.165) is 23.0 Å². The lowest BCUT2D eigenvalue weighted by atomic mass is 10.1. The van der Waals surface area contributed by atoms with Gasteiger partial charge in [-0.25, -0.2) is 13.1 Å². The SMILES string of the molecule is [N-]=[N+]=NS(=O)(=O)NCCc1cn(Cc2ccccc2)c2ccccc12. The van der Waals surface area contributed by atoms with Gasteiger partial charge in [0.2, 0.25) is 0 Å². The molecule has 0 aliphatic carbocycles. The molecule has 7 nitrogen and oxygen atoms in total. The molecule has 1 aromatic heterocycles. The second-order valence-corrected chi connectivity index (χ2v) is 6.98. The van der Waals surface area contributed by atoms with Gasteiger partial charge in [-0.2, -0.15) is 0 Å². The Bertz CT molecular complexity index is 1020. The monoisotopic (exact) mass is 355 g/mol. The van der Waals surface area contributed by atoms with Gasteiger partial charge in [-0.15, -0.1) is 0 Å². The van der Waals surface area contributed by atoms with Gasteiger partial charge >= 0.3 is 0 Å². The number of benzene rings is 2. The molecule has 0 aliphatic rings. The lowest BCUT2D eigenvalue weighted by molar-refractivity contribution is 0.583. The second-order valence-electron chi connectivity index (χ2n) is 5.58. The lowest BCUT2D eigenvalue weighted by Crippen LogP contribution is -2.23. The van der Waals surface area contributed by atoms with Gasteiger partial charge in [0.15, 0.2) is 0 Å². The van der Waals surface area contributed by atoms with Crippen LogP contribution in [0.15, 0.2) is 65.3 Å². The van der Waals surface area contributed by atoms with Gasteiger partial charge in [-0.05, 0) is 29.1 Å². The van der Waals surface area contributed by atoms with E-state index in [-0.39, 0.29) is 6.54 Å². The van der Waals surface area contributed by atoms with Crippen LogP contribution in [0.25, 0.3) is 21.3 Å². The summed E-state index contributed by atoms with van der Waals surface area (Å²) in [5.74, 6) is 0. The predicted molar refractivity (Wildman–Crippen MR) is 97.3 cm³/mol. The highest BCUT2D eigenvalue weighted by atomic mass is 32.2. The second kappa shape index (κ2) is 7.40. The molecule has 128 valence electrons. The molecule has 0 bridgehead atoms. The number of rotatable bonds is 7. The number of para-hydroxylation sites is 1. The highest BCUT2D eigenvalue weighted by Crippen LogP contribution is 2.22. The smallest absolute Gasteiger partial charge is 0.300 e. The molecule has 0 atom stereocenters. The summed E-state index contributed by atoms with van der Waals surface area (Å²) >= 11 is 0. The van der Waals surface area contributed by atoms with Gasteiger partial charge in [-0.3, -0.25) is 0 Å². The standard InChI is InChI=1S/C17H17N5O2S/c18-20-21-25(23,24)19-11-10-15-13-22(12-14-6-2-1-3-7-14)17-9-5-4-8-16(15)17/h1-9,13,19H,10-12H2. The maximum Gasteiger partial charge on any atom is 0.300 e. The largest absolute Gasteiger partial charge is 0.343 e. The van der Waals surface area contributed by atoms with E-state index in [0.29, 0.717) is 6.42 Å². The van der Waals surface area contributed by atoms with Crippen molar-refractivity contribution in [1.82, 2.24) is 9.29 Å². The van der Waals surface area contributed by atoms with Gasteiger partial charge in [0.05, 0.1) is 0 Å². The fraction of sp³-hybridized carbons (Fsp3) is 0.176. The molecule has 0 radical (unpaired) electrons. The zero-order chi connectivity index (χ0) is 17.7. The van der Waals surface area contributed by atoms with E-state index in [2.05, 4.69) is 30.9 Å². The third-order valence-corrected chi connectivity index (χ3v) is 4.75. The fourth-order valence-corrected chi connectivity index (χ4v) is 3.34. The quantitative estimate of drug-likeness (QED) is 0.399. The molecule has 0 fully saturated rings. The van der Waals surface area contributed by atoms with Crippen molar-refractivity contribution in [2.45, 2.75) is 13.0 Å². The number of fused-ring (bicyclic) bond motifs is 1. The third kappa shape index (κ3) is 4.19. The number of hydrogen-bond acceptors (Lipinski definition) is 2. The Morgan fingerprint density at radius 2 is 1.80 bits per heavy atom. The van der Waals surface area contributed by atoms with Crippen molar-refractivity contribution < 1.29 is 8.42 Å². The molecule has 0 unspecified atom stereocenters. The van der Waals surface area contributed by atoms with E-state index >= 15 is 0 Å². The van der Waals surface area contributed by atoms with Crippen molar-refractivity contribution in [1.29, 1.82) is 0 Å². The average Bonchev–Trinajstić information content (AvgIpc) is 2.94. The molecule has 0 saturated heterocycles. The van der Waals surface area contributed by atoms with E-state index in [1.165, 1.54) is 5.56 Å². The Morgan fingerprint density at radius 1 is 1.08 bits per heavy atom. The molecular formula is C17H17N5O2S. The number of hydrogen-bond donors (Lipinski definition) is 1. The number of nitrogens with zero attached hydrogens (tertiary/aromatic N) is 4. The molecule has 1 heterocycles. The molecule has 1 N–H and O–H groups in total. The fourth-order valence-electron chi connectivity index (χ4n) is 2.82. The van der Waals surface area contributed by atoms with Gasteiger partial charge in [0, 0.05) is 39.6 Å². The van der Waals surface area contributed by atoms with E-state index in [9.17, 15) is 8.42 Å². The minimum Gasteiger partial charge on any atom is -0.343 e. The van der Waals surface area contributed by atoms with Gasteiger partial charge in [0.1, 0.15) is 0 Å². The van der Waals surface area contributed by atoms with Crippen LogP contribution in [-0.4, -0.2) is 19.5 Å². The van der Waals surface area contributed by atoms with Gasteiger partial charge in [-0.1, -0.05) is 48.5 Å². The Kier molecular flexibility index (Phi) is 5.04. The maximum atomic E-state index is 11.4. The van der Waals surface area contributed by atoms with Crippen LogP contribution >= 0.6 is 0 Å². The summed E-state index contributed by atoms with van der Waals surface area (Å²) < 4.78 is 30.0. The summed E-state index contributed by atoms with van der Waals surface area (Å²) in [6.07, 6.45) is 2.54. The first-order valence-corrected chi connectivity index (χ1v) is 9.20. The molecule has 3 aromatic rings. The predicted octanol–water partition coefficient (Wildman–Crippen LogP) is 3.38. The topological polar surface area (TPSA) is 99.9 Å². The Hall–Kier alpha value is -2.80. The molecule has 0 aliphatic heterocycles. The van der Waals surface area contributed by atoms with Crippen LogP contribution in [0.4, 0.5) is 0 Å². The zero-order valence-corrected chi connectivity index (χ0v) is 14.2. The molecule has 25 heavy (non-hydrogen) atoms. The third-order valence-electron chi connectivity index (χ3n) is 3.89. The highest BCUT2D eigenvalue weighted by molar-refractivity contribution is 7.88. The van der Waals surface area contributed by atoms with E-state index < -0.39 is 10.2 Å². The Balaban J connectivity index is 1.83. The Morgan fingerprint density at radius 3 is 2.56 bits per heavy atom. The summed E-state index contributed by atoms with van der Waals surface area (Å²) in [5, 5.41) is 1.08. The molecule has 3 rings (SSSR count). The van der Waals surface area contributed by atoms with E-state index in [1.807, 2.05) is 48.7 Å². The Labute approximate surface area is 145 Å². The minimum atomic E-state index is -3.95. The summed E-state index contributed by atoms with van der Waals surface area (Å²) in [4.78, 5) is 2.30. The van der Waals surface area contributed by atoms with Crippen molar-refractivity contribution in [3.63, 3.8) is 0 Å². The van der Waals surface area contributed by atoms with Crippen LogP contribution < -0.4 is 4.72 Å². The number of azide groups is 1. The van der Waals surface area contributed by atoms with Crippen molar-refractivity contribution in [3.8, 4) is 0 Å². The van der Waals surface area contributed by atoms with E-state index in [1.54, 1.807) is 0 Å². The lowest BCUT2D eigenvalue weighted by Gasteiger charge is -2.05. The summed E-state index contributed by atoms with van der Waals surface area (Å²) in [5.41, 5.74) is 11.6. The van der Waals surface area contributed by atoms with Crippen molar-refractivity contribution in [2.24, 2.45) is 4.52 Å².